The molecule has 0 unspecified atom stereocenters. The third-order valence-corrected chi connectivity index (χ3v) is 5.76. The average molecular weight is 424 g/mol. The fourth-order valence-corrected chi connectivity index (χ4v) is 3.98. The number of benzene rings is 2. The highest BCUT2D eigenvalue weighted by Crippen LogP contribution is 2.32. The number of carbonyl (C=O) groups excluding carboxylic acids is 3. The molecule has 7 heteroatoms. The van der Waals surface area contributed by atoms with E-state index in [1.54, 1.807) is 30.3 Å². The molecule has 4 rings (SSSR count). The van der Waals surface area contributed by atoms with E-state index in [1.165, 1.54) is 0 Å². The number of halogens is 1. The van der Waals surface area contributed by atoms with E-state index in [-0.39, 0.29) is 16.6 Å². The number of hydrogen-bond acceptors (Lipinski definition) is 4. The molecule has 30 heavy (non-hydrogen) atoms. The molecule has 154 valence electrons. The Balaban J connectivity index is 1.60. The maximum absolute atomic E-state index is 13.0. The van der Waals surface area contributed by atoms with Crippen molar-refractivity contribution in [2.45, 2.75) is 26.7 Å². The highest BCUT2D eigenvalue weighted by atomic mass is 35.5. The molecule has 0 radical (unpaired) electrons. The van der Waals surface area contributed by atoms with Crippen LogP contribution in [0.4, 0.5) is 11.4 Å². The number of likely N-dealkylation sites (tertiary alicyclic amines) is 1. The number of amides is 3. The quantitative estimate of drug-likeness (QED) is 0.755. The Bertz CT molecular complexity index is 1090. The first kappa shape index (κ1) is 20.2. The maximum atomic E-state index is 13.0. The van der Waals surface area contributed by atoms with Gasteiger partial charge in [0, 0.05) is 24.3 Å². The van der Waals surface area contributed by atoms with Gasteiger partial charge in [0.15, 0.2) is 0 Å². The summed E-state index contributed by atoms with van der Waals surface area (Å²) in [6, 6.07) is 12.5. The summed E-state index contributed by atoms with van der Waals surface area (Å²) in [6.07, 6.45) is 2.02. The van der Waals surface area contributed by atoms with Crippen molar-refractivity contribution in [3.8, 4) is 0 Å². The van der Waals surface area contributed by atoms with Crippen molar-refractivity contribution in [1.82, 2.24) is 4.90 Å². The van der Waals surface area contributed by atoms with Gasteiger partial charge in [0.25, 0.3) is 17.7 Å². The van der Waals surface area contributed by atoms with Gasteiger partial charge in [-0.25, -0.2) is 4.90 Å². The lowest BCUT2D eigenvalue weighted by molar-refractivity contribution is -0.120. The second-order valence-corrected chi connectivity index (χ2v) is 8.01. The van der Waals surface area contributed by atoms with Crippen LogP contribution in [0.3, 0.4) is 0 Å². The molecule has 1 saturated heterocycles. The highest BCUT2D eigenvalue weighted by Gasteiger charge is 2.39. The van der Waals surface area contributed by atoms with Crippen LogP contribution in [0.25, 0.3) is 0 Å². The molecule has 3 amide bonds. The van der Waals surface area contributed by atoms with Gasteiger partial charge in [0.2, 0.25) is 0 Å². The van der Waals surface area contributed by atoms with E-state index >= 15 is 0 Å². The summed E-state index contributed by atoms with van der Waals surface area (Å²) in [6.45, 7) is 5.24. The van der Waals surface area contributed by atoms with E-state index in [0.29, 0.717) is 16.9 Å². The molecular weight excluding hydrogens is 402 g/mol. The Kier molecular flexibility index (Phi) is 5.35. The SMILES string of the molecule is Cc1ccc(C)c(N2C(=O)C(Cl)=C(Nc3cccc(C(=O)N4CCCC4)c3)C2=O)c1. The van der Waals surface area contributed by atoms with Gasteiger partial charge in [-0.05, 0) is 62.1 Å². The summed E-state index contributed by atoms with van der Waals surface area (Å²) in [5.74, 6) is -1.13. The van der Waals surface area contributed by atoms with Crippen molar-refractivity contribution in [1.29, 1.82) is 0 Å². The molecule has 2 aliphatic heterocycles. The minimum atomic E-state index is -0.567. The van der Waals surface area contributed by atoms with Gasteiger partial charge in [0.05, 0.1) is 5.69 Å². The number of rotatable bonds is 4. The van der Waals surface area contributed by atoms with Crippen LogP contribution < -0.4 is 10.2 Å². The van der Waals surface area contributed by atoms with Crippen molar-refractivity contribution in [3.63, 3.8) is 0 Å². The van der Waals surface area contributed by atoms with E-state index in [9.17, 15) is 14.4 Å². The van der Waals surface area contributed by atoms with E-state index < -0.39 is 11.8 Å². The van der Waals surface area contributed by atoms with Gasteiger partial charge in [-0.15, -0.1) is 0 Å². The third-order valence-electron chi connectivity index (χ3n) is 5.40. The molecular formula is C23H22ClN3O3. The summed E-state index contributed by atoms with van der Waals surface area (Å²) in [4.78, 5) is 41.4. The van der Waals surface area contributed by atoms with Crippen LogP contribution in [0.1, 0.15) is 34.3 Å². The Morgan fingerprint density at radius 1 is 1.00 bits per heavy atom. The number of hydrogen-bond donors (Lipinski definition) is 1. The molecule has 2 aliphatic rings. The fourth-order valence-electron chi connectivity index (χ4n) is 3.77. The smallest absolute Gasteiger partial charge is 0.283 e. The average Bonchev–Trinajstić information content (AvgIpc) is 3.34. The van der Waals surface area contributed by atoms with Crippen LogP contribution in [-0.4, -0.2) is 35.7 Å². The summed E-state index contributed by atoms with van der Waals surface area (Å²) < 4.78 is 0. The molecule has 0 spiro atoms. The number of aryl methyl sites for hydroxylation is 2. The summed E-state index contributed by atoms with van der Waals surface area (Å²) in [5.41, 5.74) is 3.30. The molecule has 2 aromatic rings. The second-order valence-electron chi connectivity index (χ2n) is 7.63. The van der Waals surface area contributed by atoms with Crippen LogP contribution in [-0.2, 0) is 9.59 Å². The van der Waals surface area contributed by atoms with Crippen LogP contribution in [0.15, 0.2) is 53.2 Å². The summed E-state index contributed by atoms with van der Waals surface area (Å²) >= 11 is 6.25. The van der Waals surface area contributed by atoms with Crippen molar-refractivity contribution in [2.75, 3.05) is 23.3 Å². The standard InChI is InChI=1S/C23H22ClN3O3/c1-14-8-9-15(2)18(12-14)27-22(29)19(24)20(23(27)30)25-17-7-5-6-16(13-17)21(28)26-10-3-4-11-26/h5-9,12-13,25H,3-4,10-11H2,1-2H3. The number of nitrogens with zero attached hydrogens (tertiary/aromatic N) is 2. The zero-order valence-corrected chi connectivity index (χ0v) is 17.6. The van der Waals surface area contributed by atoms with E-state index in [0.717, 1.165) is 42.0 Å². The number of carbonyl (C=O) groups is 3. The molecule has 0 saturated carbocycles. The predicted octanol–water partition coefficient (Wildman–Crippen LogP) is 3.98. The Morgan fingerprint density at radius 2 is 1.73 bits per heavy atom. The van der Waals surface area contributed by atoms with E-state index in [2.05, 4.69) is 5.32 Å². The van der Waals surface area contributed by atoms with Crippen molar-refractivity contribution >= 4 is 40.7 Å². The first-order valence-corrected chi connectivity index (χ1v) is 10.3. The van der Waals surface area contributed by atoms with Crippen LogP contribution in [0, 0.1) is 13.8 Å². The third kappa shape index (κ3) is 3.59. The highest BCUT2D eigenvalue weighted by molar-refractivity contribution is 6.53. The molecule has 0 bridgehead atoms. The number of anilines is 2. The Morgan fingerprint density at radius 3 is 2.47 bits per heavy atom. The molecule has 1 N–H and O–H groups in total. The van der Waals surface area contributed by atoms with Crippen LogP contribution in [0.2, 0.25) is 0 Å². The molecule has 2 aromatic carbocycles. The van der Waals surface area contributed by atoms with Crippen molar-refractivity contribution < 1.29 is 14.4 Å². The lowest BCUT2D eigenvalue weighted by Gasteiger charge is -2.18. The van der Waals surface area contributed by atoms with E-state index in [1.807, 2.05) is 30.9 Å². The van der Waals surface area contributed by atoms with Gasteiger partial charge in [0.1, 0.15) is 10.7 Å². The van der Waals surface area contributed by atoms with Gasteiger partial charge in [-0.3, -0.25) is 14.4 Å². The topological polar surface area (TPSA) is 69.7 Å². The number of nitrogens with one attached hydrogen (secondary N) is 1. The molecule has 0 atom stereocenters. The fraction of sp³-hybridized carbons (Fsp3) is 0.261. The predicted molar refractivity (Wildman–Crippen MR) is 116 cm³/mol. The minimum Gasteiger partial charge on any atom is -0.350 e. The van der Waals surface area contributed by atoms with Crippen LogP contribution >= 0.6 is 11.6 Å². The van der Waals surface area contributed by atoms with Crippen molar-refractivity contribution in [3.05, 3.63) is 69.9 Å². The summed E-state index contributed by atoms with van der Waals surface area (Å²) in [5, 5.41) is 2.79. The molecule has 1 fully saturated rings. The van der Waals surface area contributed by atoms with Gasteiger partial charge in [-0.2, -0.15) is 0 Å². The van der Waals surface area contributed by atoms with Gasteiger partial charge < -0.3 is 10.2 Å². The zero-order chi connectivity index (χ0) is 21.4. The lowest BCUT2D eigenvalue weighted by atomic mass is 10.1. The maximum Gasteiger partial charge on any atom is 0.283 e. The number of imide groups is 1. The molecule has 2 heterocycles. The summed E-state index contributed by atoms with van der Waals surface area (Å²) in [7, 11) is 0. The van der Waals surface area contributed by atoms with Gasteiger partial charge >= 0.3 is 0 Å². The Labute approximate surface area is 180 Å². The van der Waals surface area contributed by atoms with Gasteiger partial charge in [-0.1, -0.05) is 29.8 Å². The molecule has 6 nitrogen and oxygen atoms in total. The normalized spacial score (nSPS) is 16.6. The first-order valence-electron chi connectivity index (χ1n) is 9.89. The first-order chi connectivity index (χ1) is 14.4. The molecule has 0 aliphatic carbocycles. The Hall–Kier alpha value is -3.12. The monoisotopic (exact) mass is 423 g/mol. The largest absolute Gasteiger partial charge is 0.350 e. The lowest BCUT2D eigenvalue weighted by Crippen LogP contribution is -2.33. The zero-order valence-electron chi connectivity index (χ0n) is 16.9. The molecule has 0 aromatic heterocycles. The minimum absolute atomic E-state index is 0.00773. The van der Waals surface area contributed by atoms with Crippen molar-refractivity contribution in [2.24, 2.45) is 0 Å². The second kappa shape index (κ2) is 7.95. The van der Waals surface area contributed by atoms with Crippen LogP contribution in [0.5, 0.6) is 0 Å². The van der Waals surface area contributed by atoms with E-state index in [4.69, 9.17) is 11.6 Å².